The van der Waals surface area contributed by atoms with Gasteiger partial charge in [-0.05, 0) is 62.2 Å². The molecule has 0 aliphatic rings. The fourth-order valence-electron chi connectivity index (χ4n) is 4.38. The van der Waals surface area contributed by atoms with E-state index >= 15 is 0 Å². The normalized spacial score (nSPS) is 12.0. The van der Waals surface area contributed by atoms with E-state index in [0.717, 1.165) is 16.8 Å². The second-order valence-electron chi connectivity index (χ2n) is 8.75. The zero-order chi connectivity index (χ0) is 24.9. The largest absolute Gasteiger partial charge is 0.383 e. The van der Waals surface area contributed by atoms with Crippen LogP contribution < -0.4 is 5.56 Å². The lowest BCUT2D eigenvalue weighted by molar-refractivity contribution is 0.0579. The first kappa shape index (κ1) is 24.4. The van der Waals surface area contributed by atoms with Crippen molar-refractivity contribution in [2.45, 2.75) is 33.2 Å². The summed E-state index contributed by atoms with van der Waals surface area (Å²) in [6, 6.07) is 22.2. The van der Waals surface area contributed by atoms with E-state index in [1.165, 1.54) is 0 Å². The summed E-state index contributed by atoms with van der Waals surface area (Å²) in [5.74, 6) is 0.422. The van der Waals surface area contributed by atoms with Gasteiger partial charge in [0.15, 0.2) is 0 Å². The topological polar surface area (TPSA) is 64.4 Å². The molecule has 3 aromatic carbocycles. The molecule has 35 heavy (non-hydrogen) atoms. The van der Waals surface area contributed by atoms with Gasteiger partial charge in [-0.3, -0.25) is 14.2 Å². The molecule has 4 rings (SSSR count). The molecule has 180 valence electrons. The second kappa shape index (κ2) is 10.7. The van der Waals surface area contributed by atoms with Crippen LogP contribution in [0.25, 0.3) is 16.6 Å². The number of ether oxygens (including phenoxy) is 1. The van der Waals surface area contributed by atoms with Crippen LogP contribution in [-0.2, 0) is 4.74 Å². The van der Waals surface area contributed by atoms with Gasteiger partial charge in [0.05, 0.1) is 29.2 Å². The summed E-state index contributed by atoms with van der Waals surface area (Å²) in [4.78, 5) is 34.3. The first-order chi connectivity index (χ1) is 16.9. The minimum Gasteiger partial charge on any atom is -0.383 e. The molecule has 0 N–H and O–H groups in total. The van der Waals surface area contributed by atoms with Gasteiger partial charge in [-0.15, -0.1) is 0 Å². The molecule has 1 amide bonds. The Morgan fingerprint density at radius 2 is 1.74 bits per heavy atom. The number of aryl methyl sites for hydroxylation is 2. The van der Waals surface area contributed by atoms with Crippen LogP contribution in [0.5, 0.6) is 0 Å². The summed E-state index contributed by atoms with van der Waals surface area (Å²) in [5.41, 5.74) is 3.91. The summed E-state index contributed by atoms with van der Waals surface area (Å²) < 4.78 is 7.01. The lowest BCUT2D eigenvalue weighted by Crippen LogP contribution is -2.40. The van der Waals surface area contributed by atoms with Crippen LogP contribution in [0.15, 0.2) is 77.6 Å². The highest BCUT2D eigenvalue weighted by molar-refractivity contribution is 5.94. The first-order valence-electron chi connectivity index (χ1n) is 11.9. The van der Waals surface area contributed by atoms with E-state index in [9.17, 15) is 9.59 Å². The molecule has 6 nitrogen and oxygen atoms in total. The van der Waals surface area contributed by atoms with E-state index in [1.54, 1.807) is 22.6 Å². The highest BCUT2D eigenvalue weighted by atomic mass is 16.5. The molecule has 0 bridgehead atoms. The van der Waals surface area contributed by atoms with Crippen molar-refractivity contribution in [1.29, 1.82) is 0 Å². The molecule has 1 atom stereocenters. The number of hydrogen-bond acceptors (Lipinski definition) is 4. The van der Waals surface area contributed by atoms with Gasteiger partial charge in [0.1, 0.15) is 5.82 Å². The summed E-state index contributed by atoms with van der Waals surface area (Å²) >= 11 is 0. The number of amides is 1. The Bertz CT molecular complexity index is 1390. The average Bonchev–Trinajstić information content (AvgIpc) is 2.86. The van der Waals surface area contributed by atoms with E-state index < -0.39 is 6.04 Å². The molecule has 1 heterocycles. The van der Waals surface area contributed by atoms with Crippen molar-refractivity contribution in [3.05, 3.63) is 106 Å². The van der Waals surface area contributed by atoms with Crippen molar-refractivity contribution in [2.75, 3.05) is 20.3 Å². The van der Waals surface area contributed by atoms with Gasteiger partial charge >= 0.3 is 0 Å². The first-order valence-corrected chi connectivity index (χ1v) is 11.9. The number of rotatable bonds is 8. The second-order valence-corrected chi connectivity index (χ2v) is 8.75. The fourth-order valence-corrected chi connectivity index (χ4v) is 4.38. The quantitative estimate of drug-likeness (QED) is 0.354. The van der Waals surface area contributed by atoms with E-state index in [2.05, 4.69) is 0 Å². The number of methoxy groups -OCH3 is 1. The zero-order valence-corrected chi connectivity index (χ0v) is 20.7. The molecule has 6 heteroatoms. The van der Waals surface area contributed by atoms with Crippen molar-refractivity contribution in [2.24, 2.45) is 0 Å². The third kappa shape index (κ3) is 5.03. The van der Waals surface area contributed by atoms with Gasteiger partial charge in [0.25, 0.3) is 11.5 Å². The summed E-state index contributed by atoms with van der Waals surface area (Å²) in [7, 11) is 1.62. The third-order valence-corrected chi connectivity index (χ3v) is 6.22. The lowest BCUT2D eigenvalue weighted by atomic mass is 10.1. The van der Waals surface area contributed by atoms with Crippen LogP contribution in [0.4, 0.5) is 0 Å². The monoisotopic (exact) mass is 469 g/mol. The molecular formula is C29H31N3O3. The van der Waals surface area contributed by atoms with Gasteiger partial charge in [0, 0.05) is 19.2 Å². The number of carbonyl (C=O) groups is 1. The fraction of sp³-hybridized carbons (Fsp3) is 0.276. The Morgan fingerprint density at radius 1 is 1.00 bits per heavy atom. The maximum absolute atomic E-state index is 13.8. The highest BCUT2D eigenvalue weighted by Crippen LogP contribution is 2.27. The SMILES string of the molecule is CCC(c1nc2ccccc2c(=O)n1-c1cccc(C)c1)N(CCOC)C(=O)c1ccc(C)cc1. The molecule has 0 saturated heterocycles. The van der Waals surface area contributed by atoms with Crippen molar-refractivity contribution < 1.29 is 9.53 Å². The Kier molecular flexibility index (Phi) is 7.42. The Hall–Kier alpha value is -3.77. The van der Waals surface area contributed by atoms with Gasteiger partial charge in [-0.2, -0.15) is 0 Å². The predicted molar refractivity (Wildman–Crippen MR) is 139 cm³/mol. The van der Waals surface area contributed by atoms with Crippen LogP contribution >= 0.6 is 0 Å². The van der Waals surface area contributed by atoms with Crippen molar-refractivity contribution in [1.82, 2.24) is 14.5 Å². The maximum Gasteiger partial charge on any atom is 0.266 e. The Balaban J connectivity index is 1.94. The standard InChI is InChI=1S/C29H31N3O3/c1-5-26(31(17-18-35-4)28(33)22-15-13-20(2)14-16-22)27-30-25-12-7-6-11-24(25)29(34)32(27)23-10-8-9-21(3)19-23/h6-16,19,26H,5,17-18H2,1-4H3. The van der Waals surface area contributed by atoms with Crippen molar-refractivity contribution in [3.63, 3.8) is 0 Å². The molecule has 0 saturated carbocycles. The van der Waals surface area contributed by atoms with Gasteiger partial charge < -0.3 is 9.64 Å². The highest BCUT2D eigenvalue weighted by Gasteiger charge is 2.29. The number of fused-ring (bicyclic) bond motifs is 1. The Labute approximate surface area is 205 Å². The Morgan fingerprint density at radius 3 is 2.43 bits per heavy atom. The van der Waals surface area contributed by atoms with Crippen LogP contribution in [0, 0.1) is 13.8 Å². The minimum atomic E-state index is -0.434. The predicted octanol–water partition coefficient (Wildman–Crippen LogP) is 5.24. The van der Waals surface area contributed by atoms with E-state index in [0.29, 0.717) is 41.9 Å². The van der Waals surface area contributed by atoms with Crippen molar-refractivity contribution >= 4 is 16.8 Å². The molecule has 0 radical (unpaired) electrons. The molecule has 0 spiro atoms. The van der Waals surface area contributed by atoms with Gasteiger partial charge in [-0.25, -0.2) is 4.98 Å². The lowest BCUT2D eigenvalue weighted by Gasteiger charge is -2.32. The molecule has 0 aliphatic heterocycles. The smallest absolute Gasteiger partial charge is 0.266 e. The number of nitrogens with zero attached hydrogens (tertiary/aromatic N) is 3. The van der Waals surface area contributed by atoms with E-state index in [4.69, 9.17) is 9.72 Å². The van der Waals surface area contributed by atoms with E-state index in [-0.39, 0.29) is 11.5 Å². The summed E-state index contributed by atoms with van der Waals surface area (Å²) in [5, 5.41) is 0.543. The molecule has 4 aromatic rings. The number of hydrogen-bond donors (Lipinski definition) is 0. The number of carbonyl (C=O) groups excluding carboxylic acids is 1. The molecule has 0 fully saturated rings. The third-order valence-electron chi connectivity index (χ3n) is 6.22. The molecule has 1 aromatic heterocycles. The average molecular weight is 470 g/mol. The number of para-hydroxylation sites is 1. The molecule has 0 aliphatic carbocycles. The van der Waals surface area contributed by atoms with Crippen LogP contribution in [0.2, 0.25) is 0 Å². The van der Waals surface area contributed by atoms with Gasteiger partial charge in [0.2, 0.25) is 0 Å². The summed E-state index contributed by atoms with van der Waals surface area (Å²) in [6.45, 7) is 6.74. The number of aromatic nitrogens is 2. The molecule has 1 unspecified atom stereocenters. The van der Waals surface area contributed by atoms with E-state index in [1.807, 2.05) is 87.5 Å². The van der Waals surface area contributed by atoms with Gasteiger partial charge in [-0.1, -0.05) is 48.9 Å². The number of benzene rings is 3. The molecular weight excluding hydrogens is 438 g/mol. The van der Waals surface area contributed by atoms with Crippen LogP contribution in [0.1, 0.15) is 46.7 Å². The van der Waals surface area contributed by atoms with Crippen LogP contribution in [0.3, 0.4) is 0 Å². The minimum absolute atomic E-state index is 0.118. The summed E-state index contributed by atoms with van der Waals surface area (Å²) in [6.07, 6.45) is 0.581. The van der Waals surface area contributed by atoms with Crippen LogP contribution in [-0.4, -0.2) is 40.6 Å². The maximum atomic E-state index is 13.8. The zero-order valence-electron chi connectivity index (χ0n) is 20.7. The van der Waals surface area contributed by atoms with Crippen molar-refractivity contribution in [3.8, 4) is 5.69 Å².